The molecule has 0 amide bonds. The van der Waals surface area contributed by atoms with E-state index in [1.807, 2.05) is 31.2 Å². The number of rotatable bonds is 18. The monoisotopic (exact) mass is 424 g/mol. The van der Waals surface area contributed by atoms with Gasteiger partial charge in [0.05, 0.1) is 12.6 Å². The number of hydrogen-bond donors (Lipinski definition) is 1. The van der Waals surface area contributed by atoms with E-state index in [1.54, 1.807) is 21.3 Å². The number of nitrogens with one attached hydrogen (secondary N) is 1. The van der Waals surface area contributed by atoms with E-state index in [4.69, 9.17) is 23.5 Å². The zero-order chi connectivity index (χ0) is 21.4. The first-order valence-corrected chi connectivity index (χ1v) is 12.8. The molecule has 0 radical (unpaired) electrons. The molecular weight excluding hydrogens is 384 g/mol. The number of hydrogen-bond acceptors (Lipinski definition) is 6. The number of benzene rings is 1. The minimum atomic E-state index is -2.37. The van der Waals surface area contributed by atoms with Gasteiger partial charge in [-0.05, 0) is 37.5 Å². The highest BCUT2D eigenvalue weighted by Gasteiger charge is 2.36. The molecule has 1 aromatic rings. The summed E-state index contributed by atoms with van der Waals surface area (Å²) >= 11 is 0. The summed E-state index contributed by atoms with van der Waals surface area (Å²) < 4.78 is 22.1. The normalized spacial score (nSPS) is 12.7. The molecule has 1 atom stereocenters. The maximum atomic E-state index is 7.07. The third-order valence-corrected chi connectivity index (χ3v) is 8.22. The molecule has 1 unspecified atom stereocenters. The van der Waals surface area contributed by atoms with Gasteiger partial charge in [0.2, 0.25) is 0 Å². The van der Waals surface area contributed by atoms with Crippen LogP contribution < -0.4 is 4.74 Å². The first kappa shape index (κ1) is 25.8. The van der Waals surface area contributed by atoms with Crippen LogP contribution in [0.2, 0.25) is 6.04 Å². The smallest absolute Gasteiger partial charge is 0.494 e. The summed E-state index contributed by atoms with van der Waals surface area (Å²) in [5.74, 6) is 0.897. The second-order valence-electron chi connectivity index (χ2n) is 7.45. The lowest BCUT2D eigenvalue weighted by atomic mass is 10.1. The topological polar surface area (TPSA) is 73.1 Å². The average Bonchev–Trinajstić information content (AvgIpc) is 2.77. The van der Waals surface area contributed by atoms with E-state index < -0.39 is 8.80 Å². The summed E-state index contributed by atoms with van der Waals surface area (Å²) in [6.07, 6.45) is 11.1. The van der Waals surface area contributed by atoms with Crippen LogP contribution in [0.3, 0.4) is 0 Å². The average molecular weight is 425 g/mol. The van der Waals surface area contributed by atoms with Crippen molar-refractivity contribution in [3.8, 4) is 5.75 Å². The van der Waals surface area contributed by atoms with Crippen LogP contribution in [0.4, 0.5) is 0 Å². The maximum absolute atomic E-state index is 7.07. The van der Waals surface area contributed by atoms with Gasteiger partial charge in [-0.25, -0.2) is 5.53 Å². The van der Waals surface area contributed by atoms with Crippen LogP contribution in [-0.4, -0.2) is 36.7 Å². The fourth-order valence-electron chi connectivity index (χ4n) is 3.34. The summed E-state index contributed by atoms with van der Waals surface area (Å²) in [4.78, 5) is 0. The number of unbranched alkanes of at least 4 members (excludes halogenated alkanes) is 8. The van der Waals surface area contributed by atoms with Crippen molar-refractivity contribution in [3.05, 3.63) is 29.8 Å². The van der Waals surface area contributed by atoms with Gasteiger partial charge in [0.15, 0.2) is 0 Å². The van der Waals surface area contributed by atoms with E-state index in [0.717, 1.165) is 36.8 Å². The van der Waals surface area contributed by atoms with Crippen molar-refractivity contribution in [2.24, 2.45) is 5.11 Å². The molecule has 29 heavy (non-hydrogen) atoms. The van der Waals surface area contributed by atoms with E-state index >= 15 is 0 Å². The highest BCUT2D eigenvalue weighted by molar-refractivity contribution is 6.60. The quantitative estimate of drug-likeness (QED) is 0.165. The molecule has 1 aromatic carbocycles. The molecular formula is C22H40N2O4Si. The number of nitrogens with zero attached hydrogens (tertiary/aromatic N) is 1. The van der Waals surface area contributed by atoms with E-state index in [1.165, 1.54) is 44.9 Å². The van der Waals surface area contributed by atoms with Crippen molar-refractivity contribution in [2.75, 3.05) is 27.9 Å². The van der Waals surface area contributed by atoms with Gasteiger partial charge in [-0.15, -0.1) is 0 Å². The fraction of sp³-hybridized carbons (Fsp3) is 0.727. The van der Waals surface area contributed by atoms with E-state index in [0.29, 0.717) is 0 Å². The molecule has 1 N–H and O–H groups in total. The first-order valence-electron chi connectivity index (χ1n) is 10.9. The summed E-state index contributed by atoms with van der Waals surface area (Å²) in [5, 5.41) is 3.54. The van der Waals surface area contributed by atoms with Crippen molar-refractivity contribution in [1.82, 2.24) is 0 Å². The molecule has 0 saturated carbocycles. The van der Waals surface area contributed by atoms with Crippen molar-refractivity contribution < 1.29 is 18.0 Å². The molecule has 7 heteroatoms. The molecule has 0 aliphatic carbocycles. The maximum Gasteiger partial charge on any atom is 0.500 e. The van der Waals surface area contributed by atoms with E-state index in [-0.39, 0.29) is 6.04 Å². The molecule has 0 aromatic heterocycles. The minimum absolute atomic E-state index is 0.0828. The fourth-order valence-corrected chi connectivity index (χ4v) is 5.14. The Morgan fingerprint density at radius 2 is 1.28 bits per heavy atom. The van der Waals surface area contributed by atoms with Crippen LogP contribution in [0.5, 0.6) is 5.75 Å². The van der Waals surface area contributed by atoms with Gasteiger partial charge in [0.25, 0.3) is 0 Å². The second-order valence-corrected chi connectivity index (χ2v) is 10.5. The van der Waals surface area contributed by atoms with Crippen LogP contribution in [-0.2, 0) is 13.3 Å². The minimum Gasteiger partial charge on any atom is -0.494 e. The highest BCUT2D eigenvalue weighted by atomic mass is 28.4. The Balaban J connectivity index is 1.95. The zero-order valence-electron chi connectivity index (χ0n) is 18.7. The lowest BCUT2D eigenvalue weighted by molar-refractivity contribution is 0.122. The Hall–Kier alpha value is -1.28. The Bertz CT molecular complexity index is 530. The van der Waals surface area contributed by atoms with Crippen LogP contribution in [0.15, 0.2) is 29.4 Å². The standard InChI is InChI=1S/C22H40N2O4Si/c1-20(24-23)21-14-16-22(17-15-21)28-18-12-10-8-6-5-7-9-11-13-19-29(25-2,26-3)27-4/h14-17,20,23H,5-13,18-19H2,1-4H3. The van der Waals surface area contributed by atoms with E-state index in [2.05, 4.69) is 5.11 Å². The predicted molar refractivity (Wildman–Crippen MR) is 119 cm³/mol. The van der Waals surface area contributed by atoms with Gasteiger partial charge in [0.1, 0.15) is 5.75 Å². The Morgan fingerprint density at radius 1 is 0.793 bits per heavy atom. The summed E-state index contributed by atoms with van der Waals surface area (Å²) in [6, 6.07) is 8.73. The van der Waals surface area contributed by atoms with Crippen molar-refractivity contribution in [3.63, 3.8) is 0 Å². The second kappa shape index (κ2) is 15.5. The van der Waals surface area contributed by atoms with Crippen molar-refractivity contribution in [2.45, 2.75) is 76.8 Å². The molecule has 0 saturated heterocycles. The number of ether oxygens (including phenoxy) is 1. The van der Waals surface area contributed by atoms with Gasteiger partial charge < -0.3 is 18.0 Å². The zero-order valence-corrected chi connectivity index (χ0v) is 19.7. The molecule has 0 fully saturated rings. The SMILES string of the molecule is CO[Si](CCCCCCCCCCCOc1ccc(C(C)N=N)cc1)(OC)OC. The Morgan fingerprint density at radius 3 is 1.76 bits per heavy atom. The van der Waals surface area contributed by atoms with Gasteiger partial charge in [-0.2, -0.15) is 5.11 Å². The summed E-state index contributed by atoms with van der Waals surface area (Å²) in [7, 11) is 2.67. The summed E-state index contributed by atoms with van der Waals surface area (Å²) in [5.41, 5.74) is 8.12. The van der Waals surface area contributed by atoms with Crippen LogP contribution in [0.25, 0.3) is 0 Å². The van der Waals surface area contributed by atoms with Gasteiger partial charge in [-0.3, -0.25) is 0 Å². The summed E-state index contributed by atoms with van der Waals surface area (Å²) in [6.45, 7) is 2.68. The van der Waals surface area contributed by atoms with E-state index in [9.17, 15) is 0 Å². The Labute approximate surface area is 178 Å². The molecule has 0 aliphatic heterocycles. The molecule has 0 heterocycles. The molecule has 0 spiro atoms. The lowest BCUT2D eigenvalue weighted by Crippen LogP contribution is -2.42. The van der Waals surface area contributed by atoms with Crippen LogP contribution in [0.1, 0.15) is 76.3 Å². The first-order chi connectivity index (χ1) is 14.1. The Kier molecular flexibility index (Phi) is 13.8. The van der Waals surface area contributed by atoms with Gasteiger partial charge >= 0.3 is 8.80 Å². The highest BCUT2D eigenvalue weighted by Crippen LogP contribution is 2.21. The molecule has 0 bridgehead atoms. The predicted octanol–water partition coefficient (Wildman–Crippen LogP) is 6.55. The molecule has 6 nitrogen and oxygen atoms in total. The molecule has 0 aliphatic rings. The van der Waals surface area contributed by atoms with Crippen LogP contribution in [0, 0.1) is 5.53 Å². The van der Waals surface area contributed by atoms with Gasteiger partial charge in [-0.1, -0.05) is 57.1 Å². The molecule has 166 valence electrons. The van der Waals surface area contributed by atoms with Crippen molar-refractivity contribution >= 4 is 8.80 Å². The third kappa shape index (κ3) is 10.3. The van der Waals surface area contributed by atoms with Crippen molar-refractivity contribution in [1.29, 1.82) is 5.53 Å². The van der Waals surface area contributed by atoms with Crippen LogP contribution >= 0.6 is 0 Å². The molecule has 1 rings (SSSR count). The third-order valence-electron chi connectivity index (χ3n) is 5.39. The lowest BCUT2D eigenvalue weighted by Gasteiger charge is -2.24. The van der Waals surface area contributed by atoms with Gasteiger partial charge in [0, 0.05) is 27.4 Å². The largest absolute Gasteiger partial charge is 0.500 e.